The fourth-order valence-electron chi connectivity index (χ4n) is 2.36. The molecule has 0 saturated carbocycles. The van der Waals surface area contributed by atoms with Gasteiger partial charge in [0.25, 0.3) is 5.91 Å². The van der Waals surface area contributed by atoms with E-state index in [-0.39, 0.29) is 11.7 Å². The van der Waals surface area contributed by atoms with Crippen LogP contribution < -0.4 is 5.32 Å². The molecule has 2 N–H and O–H groups in total. The molecule has 0 aliphatic rings. The zero-order valence-electron chi connectivity index (χ0n) is 10.9. The summed E-state index contributed by atoms with van der Waals surface area (Å²) in [6, 6.07) is 14.0. The van der Waals surface area contributed by atoms with Gasteiger partial charge in [0.1, 0.15) is 11.5 Å². The van der Waals surface area contributed by atoms with E-state index in [9.17, 15) is 9.18 Å². The van der Waals surface area contributed by atoms with Gasteiger partial charge >= 0.3 is 0 Å². The topological polar surface area (TPSA) is 44.9 Å². The van der Waals surface area contributed by atoms with Gasteiger partial charge in [-0.3, -0.25) is 4.79 Å². The van der Waals surface area contributed by atoms with Gasteiger partial charge in [-0.1, -0.05) is 30.3 Å². The molecule has 3 aromatic rings. The minimum Gasteiger partial charge on any atom is -0.354 e. The Bertz CT molecular complexity index is 778. The van der Waals surface area contributed by atoms with E-state index in [0.29, 0.717) is 11.1 Å². The minimum absolute atomic E-state index is 0.222. The Morgan fingerprint density at radius 1 is 1.15 bits per heavy atom. The van der Waals surface area contributed by atoms with E-state index >= 15 is 0 Å². The van der Waals surface area contributed by atoms with Gasteiger partial charge < -0.3 is 10.3 Å². The van der Waals surface area contributed by atoms with Gasteiger partial charge in [-0.05, 0) is 23.8 Å². The number of rotatable bonds is 2. The molecule has 0 fully saturated rings. The predicted octanol–water partition coefficient (Wildman–Crippen LogP) is 3.33. The molecule has 0 radical (unpaired) electrons. The van der Waals surface area contributed by atoms with Crippen LogP contribution in [0.5, 0.6) is 0 Å². The Hall–Kier alpha value is -2.62. The molecule has 3 nitrogen and oxygen atoms in total. The molecule has 0 bridgehead atoms. The quantitative estimate of drug-likeness (QED) is 0.735. The number of halogens is 1. The lowest BCUT2D eigenvalue weighted by Gasteiger charge is -2.04. The number of H-pyrrole nitrogens is 1. The second-order valence-corrected chi connectivity index (χ2v) is 4.51. The summed E-state index contributed by atoms with van der Waals surface area (Å²) in [5, 5.41) is 3.31. The number of aromatic nitrogens is 1. The van der Waals surface area contributed by atoms with Crippen LogP contribution in [0.4, 0.5) is 4.39 Å². The van der Waals surface area contributed by atoms with Crippen LogP contribution in [0.25, 0.3) is 22.0 Å². The van der Waals surface area contributed by atoms with Crippen molar-refractivity contribution >= 4 is 16.8 Å². The maximum atomic E-state index is 13.5. The van der Waals surface area contributed by atoms with Crippen LogP contribution in [0.15, 0.2) is 48.5 Å². The number of nitrogens with one attached hydrogen (secondary N) is 2. The van der Waals surface area contributed by atoms with Crippen molar-refractivity contribution in [3.05, 3.63) is 60.0 Å². The molecular formula is C16H13FN2O. The van der Waals surface area contributed by atoms with E-state index < -0.39 is 0 Å². The van der Waals surface area contributed by atoms with Gasteiger partial charge in [0, 0.05) is 23.5 Å². The fraction of sp³-hybridized carbons (Fsp3) is 0.0625. The Kier molecular flexibility index (Phi) is 2.99. The van der Waals surface area contributed by atoms with Gasteiger partial charge in [0.05, 0.1) is 0 Å². The van der Waals surface area contributed by atoms with Crippen molar-refractivity contribution in [3.8, 4) is 11.1 Å². The molecule has 1 amide bonds. The standard InChI is InChI=1S/C16H13FN2O/c1-18-16(20)15-14(10-5-3-2-4-6-10)12-9-11(17)7-8-13(12)19-15/h2-9,19H,1H3,(H,18,20). The van der Waals surface area contributed by atoms with Crippen molar-refractivity contribution in [2.45, 2.75) is 0 Å². The zero-order valence-corrected chi connectivity index (χ0v) is 10.9. The zero-order chi connectivity index (χ0) is 14.1. The Labute approximate surface area is 115 Å². The molecule has 100 valence electrons. The number of aromatic amines is 1. The number of amides is 1. The highest BCUT2D eigenvalue weighted by atomic mass is 19.1. The van der Waals surface area contributed by atoms with E-state index in [2.05, 4.69) is 10.3 Å². The second kappa shape index (κ2) is 4.81. The first-order valence-electron chi connectivity index (χ1n) is 6.29. The number of hydrogen-bond donors (Lipinski definition) is 2. The first-order chi connectivity index (χ1) is 9.70. The molecule has 1 aromatic heterocycles. The summed E-state index contributed by atoms with van der Waals surface area (Å²) in [4.78, 5) is 15.1. The van der Waals surface area contributed by atoms with Crippen molar-refractivity contribution in [2.24, 2.45) is 0 Å². The van der Waals surface area contributed by atoms with Gasteiger partial charge in [-0.25, -0.2) is 4.39 Å². The summed E-state index contributed by atoms with van der Waals surface area (Å²) in [5.41, 5.74) is 2.78. The van der Waals surface area contributed by atoms with E-state index in [4.69, 9.17) is 0 Å². The maximum absolute atomic E-state index is 13.5. The van der Waals surface area contributed by atoms with Crippen molar-refractivity contribution in [3.63, 3.8) is 0 Å². The summed E-state index contributed by atoms with van der Waals surface area (Å²) >= 11 is 0. The third kappa shape index (κ3) is 1.95. The number of hydrogen-bond acceptors (Lipinski definition) is 1. The molecule has 0 aliphatic heterocycles. The lowest BCUT2D eigenvalue weighted by atomic mass is 10.0. The lowest BCUT2D eigenvalue weighted by molar-refractivity contribution is 0.0959. The molecule has 0 spiro atoms. The Morgan fingerprint density at radius 2 is 1.90 bits per heavy atom. The molecule has 3 rings (SSSR count). The summed E-state index contributed by atoms with van der Waals surface area (Å²) < 4.78 is 13.5. The van der Waals surface area contributed by atoms with Crippen LogP contribution in [0.1, 0.15) is 10.5 Å². The predicted molar refractivity (Wildman–Crippen MR) is 77.1 cm³/mol. The molecule has 0 atom stereocenters. The molecule has 2 aromatic carbocycles. The van der Waals surface area contributed by atoms with Crippen LogP contribution in [-0.2, 0) is 0 Å². The van der Waals surface area contributed by atoms with Gasteiger partial charge in [-0.2, -0.15) is 0 Å². The van der Waals surface area contributed by atoms with Crippen LogP contribution in [0, 0.1) is 5.82 Å². The van der Waals surface area contributed by atoms with Crippen molar-refractivity contribution in [2.75, 3.05) is 7.05 Å². The Balaban J connectivity index is 2.36. The van der Waals surface area contributed by atoms with Crippen molar-refractivity contribution in [1.29, 1.82) is 0 Å². The van der Waals surface area contributed by atoms with Gasteiger partial charge in [-0.15, -0.1) is 0 Å². The van der Waals surface area contributed by atoms with E-state index in [1.807, 2.05) is 30.3 Å². The van der Waals surface area contributed by atoms with E-state index in [0.717, 1.165) is 16.6 Å². The molecular weight excluding hydrogens is 255 g/mol. The highest BCUT2D eigenvalue weighted by molar-refractivity contribution is 6.09. The van der Waals surface area contributed by atoms with E-state index in [1.165, 1.54) is 12.1 Å². The maximum Gasteiger partial charge on any atom is 0.268 e. The fourth-order valence-corrected chi connectivity index (χ4v) is 2.36. The van der Waals surface area contributed by atoms with Crippen LogP contribution >= 0.6 is 0 Å². The first kappa shape index (κ1) is 12.4. The second-order valence-electron chi connectivity index (χ2n) is 4.51. The lowest BCUT2D eigenvalue weighted by Crippen LogP contribution is -2.18. The smallest absolute Gasteiger partial charge is 0.268 e. The Morgan fingerprint density at radius 3 is 2.60 bits per heavy atom. The van der Waals surface area contributed by atoms with Crippen molar-refractivity contribution in [1.82, 2.24) is 10.3 Å². The number of carbonyl (C=O) groups excluding carboxylic acids is 1. The van der Waals surface area contributed by atoms with Crippen LogP contribution in [0.2, 0.25) is 0 Å². The van der Waals surface area contributed by atoms with E-state index in [1.54, 1.807) is 13.1 Å². The molecule has 4 heteroatoms. The number of fused-ring (bicyclic) bond motifs is 1. The molecule has 0 aliphatic carbocycles. The summed E-state index contributed by atoms with van der Waals surface area (Å²) in [5.74, 6) is -0.544. The summed E-state index contributed by atoms with van der Waals surface area (Å²) in [6.45, 7) is 0. The third-order valence-electron chi connectivity index (χ3n) is 3.28. The SMILES string of the molecule is CNC(=O)c1[nH]c2ccc(F)cc2c1-c1ccccc1. The van der Waals surface area contributed by atoms with Crippen LogP contribution in [0.3, 0.4) is 0 Å². The highest BCUT2D eigenvalue weighted by Crippen LogP contribution is 2.32. The monoisotopic (exact) mass is 268 g/mol. The first-order valence-corrected chi connectivity index (χ1v) is 6.29. The average Bonchev–Trinajstić information content (AvgIpc) is 2.85. The van der Waals surface area contributed by atoms with Crippen molar-refractivity contribution < 1.29 is 9.18 Å². The summed E-state index contributed by atoms with van der Waals surface area (Å²) in [7, 11) is 1.57. The number of carbonyl (C=O) groups is 1. The van der Waals surface area contributed by atoms with Crippen LogP contribution in [-0.4, -0.2) is 17.9 Å². The minimum atomic E-state index is -0.322. The molecule has 0 saturated heterocycles. The molecule has 20 heavy (non-hydrogen) atoms. The molecule has 0 unspecified atom stereocenters. The summed E-state index contributed by atoms with van der Waals surface area (Å²) in [6.07, 6.45) is 0. The van der Waals surface area contributed by atoms with Gasteiger partial charge in [0.15, 0.2) is 0 Å². The largest absolute Gasteiger partial charge is 0.354 e. The number of benzene rings is 2. The molecule has 1 heterocycles. The third-order valence-corrected chi connectivity index (χ3v) is 3.28. The average molecular weight is 268 g/mol. The normalized spacial score (nSPS) is 10.7. The highest BCUT2D eigenvalue weighted by Gasteiger charge is 2.18. The van der Waals surface area contributed by atoms with Gasteiger partial charge in [0.2, 0.25) is 0 Å².